The van der Waals surface area contributed by atoms with Crippen LogP contribution in [0.1, 0.15) is 63.7 Å². The number of pyridine rings is 1. The Balaban J connectivity index is 1.71. The highest BCUT2D eigenvalue weighted by molar-refractivity contribution is 6.39. The van der Waals surface area contributed by atoms with Gasteiger partial charge in [-0.25, -0.2) is 4.39 Å². The summed E-state index contributed by atoms with van der Waals surface area (Å²) in [4.78, 5) is 42.9. The zero-order valence-corrected chi connectivity index (χ0v) is 22.7. The molecular formula is C26H23Cl2F4N5O4. The number of nitrogens with zero attached hydrogens (tertiary/aromatic N) is 4. The highest BCUT2D eigenvalue weighted by Gasteiger charge is 2.45. The Kier molecular flexibility index (Phi) is 8.71. The molecule has 1 aliphatic rings. The van der Waals surface area contributed by atoms with Crippen LogP contribution in [0.25, 0.3) is 0 Å². The number of alkyl halides is 3. The number of carboxylic acids is 1. The van der Waals surface area contributed by atoms with E-state index in [-0.39, 0.29) is 47.8 Å². The number of aromatic nitrogens is 3. The van der Waals surface area contributed by atoms with E-state index in [9.17, 15) is 37.1 Å². The molecule has 0 aliphatic heterocycles. The first-order valence-corrected chi connectivity index (χ1v) is 13.0. The van der Waals surface area contributed by atoms with Gasteiger partial charge in [0.05, 0.1) is 40.0 Å². The molecule has 2 aromatic heterocycles. The molecule has 41 heavy (non-hydrogen) atoms. The number of carbonyl (C=O) groups is 3. The van der Waals surface area contributed by atoms with E-state index < -0.39 is 59.0 Å². The molecule has 1 aromatic carbocycles. The van der Waals surface area contributed by atoms with Crippen LogP contribution in [0.15, 0.2) is 42.9 Å². The quantitative estimate of drug-likeness (QED) is 0.264. The van der Waals surface area contributed by atoms with Gasteiger partial charge in [0, 0.05) is 18.9 Å². The summed E-state index contributed by atoms with van der Waals surface area (Å²) >= 11 is 12.2. The van der Waals surface area contributed by atoms with Crippen LogP contribution in [0.5, 0.6) is 0 Å². The van der Waals surface area contributed by atoms with E-state index in [0.717, 1.165) is 35.6 Å². The lowest BCUT2D eigenvalue weighted by atomic mass is 9.80. The van der Waals surface area contributed by atoms with Gasteiger partial charge in [-0.2, -0.15) is 18.3 Å². The molecule has 0 unspecified atom stereocenters. The van der Waals surface area contributed by atoms with E-state index >= 15 is 0 Å². The van der Waals surface area contributed by atoms with Crippen molar-refractivity contribution in [2.24, 2.45) is 5.73 Å². The van der Waals surface area contributed by atoms with Gasteiger partial charge < -0.3 is 15.7 Å². The molecule has 2 heterocycles. The Morgan fingerprint density at radius 2 is 1.66 bits per heavy atom. The summed E-state index contributed by atoms with van der Waals surface area (Å²) in [7, 11) is 0. The zero-order valence-electron chi connectivity index (χ0n) is 21.2. The number of hydrogen-bond donors (Lipinski definition) is 2. The molecule has 1 amide bonds. The minimum absolute atomic E-state index is 0.0159. The maximum absolute atomic E-state index is 14.4. The first kappa shape index (κ1) is 30.4. The topological polar surface area (TPSA) is 131 Å². The van der Waals surface area contributed by atoms with Crippen LogP contribution < -0.4 is 5.73 Å². The second kappa shape index (κ2) is 11.7. The third-order valence-corrected chi connectivity index (χ3v) is 7.53. The Labute approximate surface area is 240 Å². The Hall–Kier alpha value is -3.55. The number of ketones is 1. The van der Waals surface area contributed by atoms with Gasteiger partial charge in [-0.3, -0.25) is 24.0 Å². The molecule has 4 rings (SSSR count). The van der Waals surface area contributed by atoms with E-state index in [1.807, 2.05) is 0 Å². The van der Waals surface area contributed by atoms with Crippen molar-refractivity contribution in [3.63, 3.8) is 0 Å². The van der Waals surface area contributed by atoms with Crippen molar-refractivity contribution >= 4 is 40.9 Å². The molecule has 9 nitrogen and oxygen atoms in total. The minimum atomic E-state index is -5.03. The maximum Gasteiger partial charge on any atom is 0.433 e. The summed E-state index contributed by atoms with van der Waals surface area (Å²) in [5.41, 5.74) is 2.30. The van der Waals surface area contributed by atoms with Gasteiger partial charge in [0.1, 0.15) is 11.4 Å². The number of aliphatic carboxylic acids is 1. The van der Waals surface area contributed by atoms with Gasteiger partial charge in [-0.05, 0) is 43.4 Å². The minimum Gasteiger partial charge on any atom is -0.480 e. The van der Waals surface area contributed by atoms with Gasteiger partial charge in [-0.1, -0.05) is 35.3 Å². The smallest absolute Gasteiger partial charge is 0.433 e. The van der Waals surface area contributed by atoms with Crippen molar-refractivity contribution in [1.82, 2.24) is 19.7 Å². The summed E-state index contributed by atoms with van der Waals surface area (Å²) in [5.74, 6) is -3.76. The van der Waals surface area contributed by atoms with Crippen molar-refractivity contribution in [2.75, 3.05) is 6.54 Å². The van der Waals surface area contributed by atoms with Crippen molar-refractivity contribution in [3.05, 3.63) is 81.1 Å². The number of benzene rings is 1. The van der Waals surface area contributed by atoms with Crippen LogP contribution in [-0.4, -0.2) is 54.5 Å². The second-order valence-electron chi connectivity index (χ2n) is 9.73. The van der Waals surface area contributed by atoms with Gasteiger partial charge in [0.15, 0.2) is 11.5 Å². The molecule has 1 fully saturated rings. The predicted octanol–water partition coefficient (Wildman–Crippen LogP) is 5.17. The lowest BCUT2D eigenvalue weighted by Crippen LogP contribution is -2.50. The van der Waals surface area contributed by atoms with Crippen molar-refractivity contribution in [1.29, 1.82) is 0 Å². The second-order valence-corrected chi connectivity index (χ2v) is 10.5. The number of carboxylic acid groups (broad SMARTS) is 1. The lowest BCUT2D eigenvalue weighted by molar-refractivity contribution is -0.148. The van der Waals surface area contributed by atoms with Crippen LogP contribution in [0.3, 0.4) is 0 Å². The number of carbonyl (C=O) groups excluding carboxylic acids is 2. The van der Waals surface area contributed by atoms with Gasteiger partial charge in [0.25, 0.3) is 5.91 Å². The SMILES string of the molecule is NC1(C(=O)O)CCC(n2ncc(C(=O)N(CC(=O)c3c(Cl)cncc3Cl)Cc3ccc(F)cc3)c2C(F)(F)F)CC1. The summed E-state index contributed by atoms with van der Waals surface area (Å²) in [6.45, 7) is -1.08. The first-order valence-electron chi connectivity index (χ1n) is 12.2. The summed E-state index contributed by atoms with van der Waals surface area (Å²) in [6, 6.07) is 3.99. The molecule has 1 saturated carbocycles. The Morgan fingerprint density at radius 1 is 1.07 bits per heavy atom. The number of halogens is 6. The average molecular weight is 616 g/mol. The highest BCUT2D eigenvalue weighted by atomic mass is 35.5. The average Bonchev–Trinajstić information content (AvgIpc) is 3.35. The standard InChI is InChI=1S/C26H23Cl2F4N5O4/c27-18-10-34-11-19(28)21(18)20(38)13-36(12-14-1-3-15(29)4-2-14)23(39)17-9-35-37(22(17)26(30,31)32)16-5-7-25(33,8-6-16)24(40)41/h1-4,9-11,16H,5-8,12-13,33H2,(H,40,41). The van der Waals surface area contributed by atoms with Crippen LogP contribution >= 0.6 is 23.2 Å². The van der Waals surface area contributed by atoms with Gasteiger partial charge in [0.2, 0.25) is 0 Å². The molecule has 218 valence electrons. The highest BCUT2D eigenvalue weighted by Crippen LogP contribution is 2.40. The summed E-state index contributed by atoms with van der Waals surface area (Å²) in [5, 5.41) is 13.0. The number of hydrogen-bond acceptors (Lipinski definition) is 6. The Bertz CT molecular complexity index is 1450. The third kappa shape index (κ3) is 6.52. The molecule has 0 saturated heterocycles. The zero-order chi connectivity index (χ0) is 30.1. The number of amides is 1. The van der Waals surface area contributed by atoms with E-state index in [0.29, 0.717) is 10.2 Å². The van der Waals surface area contributed by atoms with E-state index in [4.69, 9.17) is 28.9 Å². The lowest BCUT2D eigenvalue weighted by Gasteiger charge is -2.34. The molecule has 3 aromatic rings. The molecule has 1 aliphatic carbocycles. The number of nitrogens with two attached hydrogens (primary N) is 1. The summed E-state index contributed by atoms with van der Waals surface area (Å²) in [6.07, 6.45) is -2.17. The van der Waals surface area contributed by atoms with Crippen molar-refractivity contribution in [2.45, 2.75) is 50.0 Å². The number of Topliss-reactive ketones (excluding diaryl/α,β-unsaturated/α-hetero) is 1. The van der Waals surface area contributed by atoms with Crippen molar-refractivity contribution < 1.29 is 37.1 Å². The van der Waals surface area contributed by atoms with Gasteiger partial charge >= 0.3 is 12.1 Å². The normalized spacial score (nSPS) is 19.1. The molecule has 3 N–H and O–H groups in total. The van der Waals surface area contributed by atoms with Crippen LogP contribution in [-0.2, 0) is 17.5 Å². The summed E-state index contributed by atoms with van der Waals surface area (Å²) < 4.78 is 57.4. The van der Waals surface area contributed by atoms with Crippen LogP contribution in [0, 0.1) is 5.82 Å². The molecule has 0 bridgehead atoms. The monoisotopic (exact) mass is 615 g/mol. The first-order chi connectivity index (χ1) is 19.2. The van der Waals surface area contributed by atoms with Crippen LogP contribution in [0.2, 0.25) is 10.0 Å². The molecule has 0 atom stereocenters. The maximum atomic E-state index is 14.4. The molecule has 15 heteroatoms. The predicted molar refractivity (Wildman–Crippen MR) is 139 cm³/mol. The molecular weight excluding hydrogens is 593 g/mol. The van der Waals surface area contributed by atoms with E-state index in [2.05, 4.69) is 10.1 Å². The molecule has 0 spiro atoms. The fourth-order valence-electron chi connectivity index (χ4n) is 4.76. The van der Waals surface area contributed by atoms with E-state index in [1.54, 1.807) is 0 Å². The third-order valence-electron chi connectivity index (χ3n) is 6.95. The Morgan fingerprint density at radius 3 is 2.20 bits per heavy atom. The van der Waals surface area contributed by atoms with Gasteiger partial charge in [-0.15, -0.1) is 0 Å². The van der Waals surface area contributed by atoms with Crippen molar-refractivity contribution in [3.8, 4) is 0 Å². The fourth-order valence-corrected chi connectivity index (χ4v) is 5.34. The largest absolute Gasteiger partial charge is 0.480 e. The van der Waals surface area contributed by atoms with E-state index in [1.165, 1.54) is 12.1 Å². The molecule has 0 radical (unpaired) electrons. The number of rotatable bonds is 8. The van der Waals surface area contributed by atoms with Crippen LogP contribution in [0.4, 0.5) is 17.6 Å². The fraction of sp³-hybridized carbons (Fsp3) is 0.346.